The molecule has 0 aliphatic carbocycles. The van der Waals surface area contributed by atoms with Crippen LogP contribution in [-0.4, -0.2) is 31.0 Å². The molecule has 1 rings (SSSR count). The molecule has 0 aliphatic heterocycles. The van der Waals surface area contributed by atoms with E-state index in [-0.39, 0.29) is 12.3 Å². The number of unbranched alkanes of at least 4 members (excludes halogenated alkanes) is 1. The van der Waals surface area contributed by atoms with Gasteiger partial charge in [0.15, 0.2) is 0 Å². The van der Waals surface area contributed by atoms with Gasteiger partial charge < -0.3 is 26.3 Å². The van der Waals surface area contributed by atoms with Gasteiger partial charge in [-0.1, -0.05) is 25.5 Å². The SMILES string of the molecule is CCCCc1ccc(NC(=O)C[C@@H]([NH2+]CCC[NH3+])C(=O)[O-])cc1. The van der Waals surface area contributed by atoms with Gasteiger partial charge in [0.2, 0.25) is 5.91 Å². The number of carbonyl (C=O) groups is 2. The van der Waals surface area contributed by atoms with Crippen molar-refractivity contribution < 1.29 is 25.7 Å². The lowest BCUT2D eigenvalue weighted by atomic mass is 10.1. The van der Waals surface area contributed by atoms with Crippen molar-refractivity contribution >= 4 is 17.6 Å². The molecular weight excluding hydrogens is 294 g/mol. The molecule has 0 saturated carbocycles. The summed E-state index contributed by atoms with van der Waals surface area (Å²) in [6.07, 6.45) is 4.02. The fraction of sp³-hybridized carbons (Fsp3) is 0.529. The predicted octanol–water partition coefficient (Wildman–Crippen LogP) is -1.33. The van der Waals surface area contributed by atoms with Crippen LogP contribution >= 0.6 is 0 Å². The maximum Gasteiger partial charge on any atom is 0.230 e. The second-order valence-electron chi connectivity index (χ2n) is 5.71. The number of hydrogen-bond acceptors (Lipinski definition) is 3. The quantitative estimate of drug-likeness (QED) is 0.439. The average molecular weight is 322 g/mol. The summed E-state index contributed by atoms with van der Waals surface area (Å²) in [5, 5.41) is 15.5. The number of amides is 1. The zero-order chi connectivity index (χ0) is 17.1. The molecule has 0 unspecified atom stereocenters. The van der Waals surface area contributed by atoms with E-state index in [1.54, 1.807) is 5.32 Å². The van der Waals surface area contributed by atoms with Gasteiger partial charge in [-0.2, -0.15) is 0 Å². The second kappa shape index (κ2) is 10.7. The van der Waals surface area contributed by atoms with Gasteiger partial charge in [-0.05, 0) is 30.5 Å². The minimum Gasteiger partial charge on any atom is -0.544 e. The zero-order valence-corrected chi connectivity index (χ0v) is 13.8. The fourth-order valence-corrected chi connectivity index (χ4v) is 2.27. The molecule has 0 heterocycles. The number of carboxylic acids is 1. The molecule has 0 aromatic heterocycles. The van der Waals surface area contributed by atoms with E-state index >= 15 is 0 Å². The van der Waals surface area contributed by atoms with E-state index in [4.69, 9.17) is 0 Å². The Morgan fingerprint density at radius 1 is 1.26 bits per heavy atom. The molecule has 0 bridgehead atoms. The fourth-order valence-electron chi connectivity index (χ4n) is 2.27. The summed E-state index contributed by atoms with van der Waals surface area (Å²) in [6, 6.07) is 6.82. The van der Waals surface area contributed by atoms with Crippen LogP contribution in [0.3, 0.4) is 0 Å². The van der Waals surface area contributed by atoms with Gasteiger partial charge in [-0.25, -0.2) is 0 Å². The van der Waals surface area contributed by atoms with Crippen LogP contribution in [0.25, 0.3) is 0 Å². The number of quaternary nitrogens is 2. The number of aryl methyl sites for hydroxylation is 1. The Labute approximate surface area is 137 Å². The van der Waals surface area contributed by atoms with Crippen LogP contribution < -0.4 is 21.5 Å². The van der Waals surface area contributed by atoms with E-state index in [1.807, 2.05) is 24.3 Å². The van der Waals surface area contributed by atoms with Crippen molar-refractivity contribution in [1.82, 2.24) is 0 Å². The Morgan fingerprint density at radius 2 is 1.96 bits per heavy atom. The van der Waals surface area contributed by atoms with Crippen LogP contribution in [0.4, 0.5) is 5.69 Å². The molecular formula is C17H28N3O3+. The van der Waals surface area contributed by atoms with Gasteiger partial charge in [0, 0.05) is 12.1 Å². The maximum absolute atomic E-state index is 12.0. The van der Waals surface area contributed by atoms with Gasteiger partial charge >= 0.3 is 0 Å². The van der Waals surface area contributed by atoms with Crippen LogP contribution in [0.2, 0.25) is 0 Å². The Hall–Kier alpha value is -1.92. The van der Waals surface area contributed by atoms with Crippen molar-refractivity contribution in [3.05, 3.63) is 29.8 Å². The van der Waals surface area contributed by atoms with Crippen molar-refractivity contribution in [2.45, 2.75) is 45.1 Å². The summed E-state index contributed by atoms with van der Waals surface area (Å²) in [6.45, 7) is 3.52. The highest BCUT2D eigenvalue weighted by Gasteiger charge is 2.18. The number of benzene rings is 1. The monoisotopic (exact) mass is 322 g/mol. The summed E-state index contributed by atoms with van der Waals surface area (Å²) in [4.78, 5) is 23.1. The second-order valence-corrected chi connectivity index (χ2v) is 5.71. The number of nitrogens with one attached hydrogen (secondary N) is 1. The van der Waals surface area contributed by atoms with Crippen molar-refractivity contribution in [2.24, 2.45) is 0 Å². The molecule has 6 N–H and O–H groups in total. The Morgan fingerprint density at radius 3 is 2.52 bits per heavy atom. The van der Waals surface area contributed by atoms with Crippen molar-refractivity contribution in [2.75, 3.05) is 18.4 Å². The van der Waals surface area contributed by atoms with Gasteiger partial charge in [0.1, 0.15) is 6.04 Å². The minimum atomic E-state index is -1.21. The van der Waals surface area contributed by atoms with E-state index < -0.39 is 12.0 Å². The number of carbonyl (C=O) groups excluding carboxylic acids is 2. The molecule has 0 aliphatic rings. The highest BCUT2D eigenvalue weighted by Crippen LogP contribution is 2.12. The molecule has 1 aromatic carbocycles. The van der Waals surface area contributed by atoms with Crippen molar-refractivity contribution in [3.63, 3.8) is 0 Å². The number of nitrogens with two attached hydrogens (primary N) is 1. The third kappa shape index (κ3) is 7.76. The van der Waals surface area contributed by atoms with Crippen LogP contribution in [0.15, 0.2) is 24.3 Å². The highest BCUT2D eigenvalue weighted by atomic mass is 16.4. The van der Waals surface area contributed by atoms with E-state index in [9.17, 15) is 14.7 Å². The minimum absolute atomic E-state index is 0.100. The van der Waals surface area contributed by atoms with Crippen molar-refractivity contribution in [1.29, 1.82) is 0 Å². The smallest absolute Gasteiger partial charge is 0.230 e. The molecule has 128 valence electrons. The summed E-state index contributed by atoms with van der Waals surface area (Å²) in [5.74, 6) is -1.52. The number of hydrogen-bond donors (Lipinski definition) is 3. The van der Waals surface area contributed by atoms with Gasteiger partial charge in [0.05, 0.1) is 25.5 Å². The largest absolute Gasteiger partial charge is 0.544 e. The van der Waals surface area contributed by atoms with E-state index in [2.05, 4.69) is 18.0 Å². The standard InChI is InChI=1S/C17H27N3O3/c1-2-3-5-13-6-8-14(9-7-13)20-16(21)12-15(17(22)23)19-11-4-10-18/h6-9,15,19H,2-5,10-12,18H2,1H3,(H,20,21)(H,22,23)/p+1/t15-/m1/s1. The molecule has 0 spiro atoms. The van der Waals surface area contributed by atoms with Crippen LogP contribution in [0.5, 0.6) is 0 Å². The van der Waals surface area contributed by atoms with Crippen molar-refractivity contribution in [3.8, 4) is 0 Å². The van der Waals surface area contributed by atoms with E-state index in [0.717, 1.165) is 32.2 Å². The number of rotatable bonds is 11. The molecule has 0 radical (unpaired) electrons. The highest BCUT2D eigenvalue weighted by molar-refractivity contribution is 5.93. The molecule has 0 saturated heterocycles. The Kier molecular flexibility index (Phi) is 8.94. The lowest BCUT2D eigenvalue weighted by Gasteiger charge is -2.16. The van der Waals surface area contributed by atoms with E-state index in [1.165, 1.54) is 5.56 Å². The van der Waals surface area contributed by atoms with Gasteiger partial charge in [-0.15, -0.1) is 0 Å². The first-order chi connectivity index (χ1) is 11.1. The van der Waals surface area contributed by atoms with Crippen LogP contribution in [-0.2, 0) is 16.0 Å². The third-order valence-corrected chi connectivity index (χ3v) is 3.67. The number of carboxylic acid groups (broad SMARTS) is 1. The topological polar surface area (TPSA) is 113 Å². The Balaban J connectivity index is 2.48. The van der Waals surface area contributed by atoms with Crippen LogP contribution in [0.1, 0.15) is 38.2 Å². The molecule has 1 atom stereocenters. The van der Waals surface area contributed by atoms with E-state index in [0.29, 0.717) is 12.2 Å². The normalized spacial score (nSPS) is 11.9. The summed E-state index contributed by atoms with van der Waals surface area (Å²) >= 11 is 0. The predicted molar refractivity (Wildman–Crippen MR) is 86.3 cm³/mol. The summed E-state index contributed by atoms with van der Waals surface area (Å²) in [5.41, 5.74) is 5.63. The van der Waals surface area contributed by atoms with Crippen LogP contribution in [0, 0.1) is 0 Å². The molecule has 6 nitrogen and oxygen atoms in total. The lowest BCUT2D eigenvalue weighted by Crippen LogP contribution is -2.93. The molecule has 0 fully saturated rings. The molecule has 1 amide bonds. The third-order valence-electron chi connectivity index (χ3n) is 3.67. The molecule has 23 heavy (non-hydrogen) atoms. The average Bonchev–Trinajstić information content (AvgIpc) is 2.53. The first kappa shape index (κ1) is 19.1. The van der Waals surface area contributed by atoms with Gasteiger partial charge in [-0.3, -0.25) is 4.79 Å². The number of anilines is 1. The first-order valence-electron chi connectivity index (χ1n) is 8.29. The Bertz CT molecular complexity index is 488. The zero-order valence-electron chi connectivity index (χ0n) is 13.8. The lowest BCUT2D eigenvalue weighted by molar-refractivity contribution is -0.684. The molecule has 1 aromatic rings. The number of aliphatic carboxylic acids is 1. The summed E-state index contributed by atoms with van der Waals surface area (Å²) in [7, 11) is 0. The summed E-state index contributed by atoms with van der Waals surface area (Å²) < 4.78 is 0. The maximum atomic E-state index is 12.0. The molecule has 6 heteroatoms. The van der Waals surface area contributed by atoms with Gasteiger partial charge in [0.25, 0.3) is 0 Å². The first-order valence-corrected chi connectivity index (χ1v) is 8.29.